The van der Waals surface area contributed by atoms with Crippen molar-refractivity contribution in [1.29, 1.82) is 0 Å². The summed E-state index contributed by atoms with van der Waals surface area (Å²) >= 11 is 0. The van der Waals surface area contributed by atoms with Gasteiger partial charge in [0.1, 0.15) is 5.54 Å². The molecular weight excluding hydrogens is 146 g/mol. The molecule has 0 aliphatic carbocycles. The van der Waals surface area contributed by atoms with Crippen LogP contribution >= 0.6 is 12.4 Å². The monoisotopic (exact) mass is 155 g/mol. The maximum atomic E-state index is 9.97. The van der Waals surface area contributed by atoms with E-state index in [9.17, 15) is 4.79 Å². The van der Waals surface area contributed by atoms with Gasteiger partial charge in [-0.2, -0.15) is 0 Å². The molecule has 0 bridgehead atoms. The molecule has 0 aliphatic heterocycles. The lowest BCUT2D eigenvalue weighted by Gasteiger charge is -2.13. The lowest BCUT2D eigenvalue weighted by atomic mass is 10.1. The van der Waals surface area contributed by atoms with Crippen molar-refractivity contribution in [2.75, 3.05) is 6.61 Å². The summed E-state index contributed by atoms with van der Waals surface area (Å²) in [6.07, 6.45) is 0. The molecule has 56 valence electrons. The minimum Gasteiger partial charge on any atom is -0.480 e. The number of carboxylic acids is 1. The molecule has 0 spiro atoms. The maximum Gasteiger partial charge on any atom is 0.325 e. The van der Waals surface area contributed by atoms with E-state index in [0.29, 0.717) is 0 Å². The first-order chi connectivity index (χ1) is 3.50. The molecule has 0 fully saturated rings. The van der Waals surface area contributed by atoms with Crippen LogP contribution in [0.25, 0.3) is 0 Å². The molecule has 1 atom stereocenters. The van der Waals surface area contributed by atoms with Crippen molar-refractivity contribution in [2.24, 2.45) is 5.73 Å². The Labute approximate surface area is 59.1 Å². The summed E-state index contributed by atoms with van der Waals surface area (Å²) in [5.41, 5.74) is 3.52. The highest BCUT2D eigenvalue weighted by Gasteiger charge is 2.25. The molecule has 0 amide bonds. The van der Waals surface area contributed by atoms with Gasteiger partial charge in [0.25, 0.3) is 0 Å². The van der Waals surface area contributed by atoms with Crippen molar-refractivity contribution >= 4 is 18.4 Å². The summed E-state index contributed by atoms with van der Waals surface area (Å²) < 4.78 is 0. The third-order valence-corrected chi connectivity index (χ3v) is 0.817. The fraction of sp³-hybridized carbons (Fsp3) is 0.750. The zero-order valence-electron chi connectivity index (χ0n) is 5.00. The maximum absolute atomic E-state index is 9.97. The summed E-state index contributed by atoms with van der Waals surface area (Å²) in [5.74, 6) is -1.19. The Morgan fingerprint density at radius 3 is 2.11 bits per heavy atom. The van der Waals surface area contributed by atoms with Crippen molar-refractivity contribution in [1.82, 2.24) is 0 Å². The number of carbonyl (C=O) groups is 1. The Bertz CT molecular complexity index is 104. The quantitative estimate of drug-likeness (QED) is 0.488. The average molecular weight is 156 g/mol. The Hall–Kier alpha value is -0.320. The normalized spacial score (nSPS) is 15.4. The Kier molecular flexibility index (Phi) is 4.66. The van der Waals surface area contributed by atoms with Crippen LogP contribution in [-0.4, -0.2) is 28.3 Å². The molecule has 0 radical (unpaired) electrons. The van der Waals surface area contributed by atoms with Crippen LogP contribution in [0, 0.1) is 0 Å². The number of carboxylic acid groups (broad SMARTS) is 1. The molecule has 4 N–H and O–H groups in total. The standard InChI is InChI=1S/C4H9NO3.ClH/c1-4(5,2-6)3(7)8;/h6H,2,5H2,1H3,(H,7,8);1H/t4-;/m1./s1. The van der Waals surface area contributed by atoms with Crippen LogP contribution in [-0.2, 0) is 4.79 Å². The second-order valence-corrected chi connectivity index (χ2v) is 1.88. The van der Waals surface area contributed by atoms with Crippen molar-refractivity contribution < 1.29 is 15.0 Å². The van der Waals surface area contributed by atoms with Crippen molar-refractivity contribution in [2.45, 2.75) is 12.5 Å². The van der Waals surface area contributed by atoms with Gasteiger partial charge in [-0.15, -0.1) is 12.4 Å². The van der Waals surface area contributed by atoms with Crippen molar-refractivity contribution in [3.63, 3.8) is 0 Å². The number of hydrogen-bond donors (Lipinski definition) is 3. The minimum atomic E-state index is -1.49. The number of rotatable bonds is 2. The Morgan fingerprint density at radius 1 is 1.78 bits per heavy atom. The largest absolute Gasteiger partial charge is 0.480 e. The van der Waals surface area contributed by atoms with E-state index in [-0.39, 0.29) is 12.4 Å². The number of nitrogens with two attached hydrogens (primary N) is 1. The number of aliphatic hydroxyl groups is 1. The molecular formula is C4H10ClNO3. The van der Waals surface area contributed by atoms with Gasteiger partial charge in [-0.05, 0) is 6.92 Å². The van der Waals surface area contributed by atoms with E-state index in [1.807, 2.05) is 0 Å². The first-order valence-electron chi connectivity index (χ1n) is 2.14. The van der Waals surface area contributed by atoms with Crippen LogP contribution in [0.4, 0.5) is 0 Å². The molecule has 5 heteroatoms. The molecule has 0 aliphatic rings. The van der Waals surface area contributed by atoms with Gasteiger partial charge in [0, 0.05) is 0 Å². The van der Waals surface area contributed by atoms with Gasteiger partial charge < -0.3 is 15.9 Å². The predicted molar refractivity (Wildman–Crippen MR) is 34.6 cm³/mol. The first-order valence-corrected chi connectivity index (χ1v) is 2.14. The van der Waals surface area contributed by atoms with Crippen LogP contribution < -0.4 is 5.73 Å². The van der Waals surface area contributed by atoms with Gasteiger partial charge in [-0.1, -0.05) is 0 Å². The summed E-state index contributed by atoms with van der Waals surface area (Å²) in [5, 5.41) is 16.4. The molecule has 0 aromatic rings. The van der Waals surface area contributed by atoms with Gasteiger partial charge in [-0.25, -0.2) is 0 Å². The lowest BCUT2D eigenvalue weighted by Crippen LogP contribution is -2.48. The van der Waals surface area contributed by atoms with E-state index in [2.05, 4.69) is 0 Å². The topological polar surface area (TPSA) is 83.5 Å². The second-order valence-electron chi connectivity index (χ2n) is 1.88. The molecule has 0 aromatic heterocycles. The number of hydrogen-bond acceptors (Lipinski definition) is 3. The van der Waals surface area contributed by atoms with Gasteiger partial charge in [0.15, 0.2) is 0 Å². The van der Waals surface area contributed by atoms with E-state index in [1.165, 1.54) is 6.92 Å². The van der Waals surface area contributed by atoms with Gasteiger partial charge in [0.2, 0.25) is 0 Å². The third kappa shape index (κ3) is 3.29. The lowest BCUT2D eigenvalue weighted by molar-refractivity contribution is -0.144. The van der Waals surface area contributed by atoms with Crippen molar-refractivity contribution in [3.05, 3.63) is 0 Å². The van der Waals surface area contributed by atoms with Gasteiger partial charge in [-0.3, -0.25) is 4.79 Å². The van der Waals surface area contributed by atoms with Crippen LogP contribution in [0.15, 0.2) is 0 Å². The predicted octanol–water partition coefficient (Wildman–Crippen LogP) is -0.797. The zero-order chi connectivity index (χ0) is 6.78. The summed E-state index contributed by atoms with van der Waals surface area (Å²) in [6, 6.07) is 0. The number of aliphatic hydroxyl groups excluding tert-OH is 1. The van der Waals surface area contributed by atoms with E-state index < -0.39 is 18.1 Å². The van der Waals surface area contributed by atoms with E-state index in [1.54, 1.807) is 0 Å². The second kappa shape index (κ2) is 3.66. The molecule has 0 rings (SSSR count). The zero-order valence-corrected chi connectivity index (χ0v) is 5.81. The smallest absolute Gasteiger partial charge is 0.325 e. The molecule has 4 nitrogen and oxygen atoms in total. The summed E-state index contributed by atoms with van der Waals surface area (Å²) in [4.78, 5) is 9.97. The van der Waals surface area contributed by atoms with Crippen LogP contribution in [0.1, 0.15) is 6.92 Å². The average Bonchev–Trinajstić information content (AvgIpc) is 1.67. The fourth-order valence-corrected chi connectivity index (χ4v) is 0.0676. The molecule has 0 aromatic carbocycles. The molecule has 0 heterocycles. The SMILES string of the molecule is C[C@@](N)(CO)C(=O)O.Cl. The molecule has 9 heavy (non-hydrogen) atoms. The highest BCUT2D eigenvalue weighted by atomic mass is 35.5. The third-order valence-electron chi connectivity index (χ3n) is 0.817. The number of halogens is 1. The van der Waals surface area contributed by atoms with Crippen molar-refractivity contribution in [3.8, 4) is 0 Å². The van der Waals surface area contributed by atoms with Gasteiger partial charge >= 0.3 is 5.97 Å². The van der Waals surface area contributed by atoms with E-state index >= 15 is 0 Å². The summed E-state index contributed by atoms with van der Waals surface area (Å²) in [7, 11) is 0. The highest BCUT2D eigenvalue weighted by Crippen LogP contribution is 1.94. The van der Waals surface area contributed by atoms with E-state index in [4.69, 9.17) is 15.9 Å². The van der Waals surface area contributed by atoms with E-state index in [0.717, 1.165) is 0 Å². The molecule has 0 unspecified atom stereocenters. The number of aliphatic carboxylic acids is 1. The Balaban J connectivity index is 0. The minimum absolute atomic E-state index is 0. The first kappa shape index (κ1) is 11.5. The summed E-state index contributed by atoms with van der Waals surface area (Å²) in [6.45, 7) is 0.706. The molecule has 0 saturated carbocycles. The van der Waals surface area contributed by atoms with Crippen LogP contribution in [0.2, 0.25) is 0 Å². The van der Waals surface area contributed by atoms with Crippen LogP contribution in [0.5, 0.6) is 0 Å². The highest BCUT2D eigenvalue weighted by molar-refractivity contribution is 5.85. The van der Waals surface area contributed by atoms with Crippen LogP contribution in [0.3, 0.4) is 0 Å². The Morgan fingerprint density at radius 2 is 2.11 bits per heavy atom. The van der Waals surface area contributed by atoms with Gasteiger partial charge in [0.05, 0.1) is 6.61 Å². The molecule has 0 saturated heterocycles. The fourth-order valence-electron chi connectivity index (χ4n) is 0.0676.